The Kier molecular flexibility index (Phi) is 6.53. The minimum Gasteiger partial charge on any atom is -0.481 e. The Morgan fingerprint density at radius 3 is 1.74 bits per heavy atom. The summed E-state index contributed by atoms with van der Waals surface area (Å²) < 4.78 is 9.32. The lowest BCUT2D eigenvalue weighted by atomic mass is 9.95. The van der Waals surface area contributed by atoms with Crippen LogP contribution in [0.2, 0.25) is 0 Å². The maximum Gasteiger partial charge on any atom is 0.344 e. The summed E-state index contributed by atoms with van der Waals surface area (Å²) in [4.78, 5) is 45.7. The van der Waals surface area contributed by atoms with E-state index < -0.39 is 35.8 Å². The third-order valence-electron chi connectivity index (χ3n) is 2.05. The van der Waals surface area contributed by atoms with E-state index in [1.165, 1.54) is 13.8 Å². The van der Waals surface area contributed by atoms with Crippen molar-refractivity contribution in [2.45, 2.75) is 32.7 Å². The summed E-state index contributed by atoms with van der Waals surface area (Å²) in [6.07, 6.45) is -0.954. The van der Waals surface area contributed by atoms with E-state index in [9.17, 15) is 19.2 Å². The molecule has 0 rings (SSSR count). The summed E-state index contributed by atoms with van der Waals surface area (Å²) in [6, 6.07) is 0. The monoisotopic (exact) mass is 275 g/mol. The summed E-state index contributed by atoms with van der Waals surface area (Å²) in [5.74, 6) is -4.52. The van der Waals surface area contributed by atoms with E-state index in [0.717, 1.165) is 6.92 Å². The van der Waals surface area contributed by atoms with Crippen LogP contribution in [-0.4, -0.2) is 47.7 Å². The summed E-state index contributed by atoms with van der Waals surface area (Å²) >= 11 is 0. The van der Waals surface area contributed by atoms with Crippen LogP contribution in [-0.2, 0) is 28.7 Å². The van der Waals surface area contributed by atoms with Gasteiger partial charge in [0.1, 0.15) is 0 Å². The molecule has 8 nitrogen and oxygen atoms in total. The number of carboxylic acids is 1. The molecule has 0 saturated heterocycles. The average Bonchev–Trinajstić information content (AvgIpc) is 2.27. The van der Waals surface area contributed by atoms with Crippen LogP contribution in [0.4, 0.5) is 0 Å². The average molecular weight is 275 g/mol. The maximum absolute atomic E-state index is 11.9. The molecule has 0 spiro atoms. The highest BCUT2D eigenvalue weighted by atomic mass is 16.6. The zero-order chi connectivity index (χ0) is 15.1. The highest BCUT2D eigenvalue weighted by Gasteiger charge is 2.51. The van der Waals surface area contributed by atoms with Gasteiger partial charge in [0.15, 0.2) is 0 Å². The smallest absolute Gasteiger partial charge is 0.344 e. The van der Waals surface area contributed by atoms with Gasteiger partial charge in [0.2, 0.25) is 11.4 Å². The van der Waals surface area contributed by atoms with Crippen molar-refractivity contribution in [1.29, 1.82) is 0 Å². The van der Waals surface area contributed by atoms with Crippen LogP contribution in [0.1, 0.15) is 27.2 Å². The van der Waals surface area contributed by atoms with Gasteiger partial charge in [-0.25, -0.2) is 9.59 Å². The van der Waals surface area contributed by atoms with E-state index in [2.05, 4.69) is 9.47 Å². The largest absolute Gasteiger partial charge is 0.481 e. The predicted molar refractivity (Wildman–Crippen MR) is 62.1 cm³/mol. The van der Waals surface area contributed by atoms with Crippen molar-refractivity contribution in [2.24, 2.45) is 0 Å². The summed E-state index contributed by atoms with van der Waals surface area (Å²) in [5, 5.41) is 10.9. The van der Waals surface area contributed by atoms with Gasteiger partial charge in [-0.15, -0.1) is 0 Å². The van der Waals surface area contributed by atoms with Crippen molar-refractivity contribution in [1.82, 2.24) is 5.32 Å². The van der Waals surface area contributed by atoms with Crippen LogP contribution in [0.3, 0.4) is 0 Å². The molecule has 19 heavy (non-hydrogen) atoms. The number of carboxylic acid groups (broad SMARTS) is 1. The first-order chi connectivity index (χ1) is 8.80. The van der Waals surface area contributed by atoms with Gasteiger partial charge in [-0.05, 0) is 13.8 Å². The molecule has 0 aliphatic carbocycles. The number of ether oxygens (including phenoxy) is 2. The minimum absolute atomic E-state index is 0.0702. The van der Waals surface area contributed by atoms with Crippen LogP contribution in [0.5, 0.6) is 0 Å². The van der Waals surface area contributed by atoms with Gasteiger partial charge >= 0.3 is 17.9 Å². The number of esters is 2. The van der Waals surface area contributed by atoms with E-state index in [1.807, 2.05) is 5.32 Å². The fourth-order valence-electron chi connectivity index (χ4n) is 1.41. The molecular formula is C11H17NO7. The zero-order valence-electron chi connectivity index (χ0n) is 11.0. The van der Waals surface area contributed by atoms with Gasteiger partial charge in [-0.1, -0.05) is 0 Å². The Hall–Kier alpha value is -2.12. The van der Waals surface area contributed by atoms with Crippen LogP contribution >= 0.6 is 0 Å². The molecule has 0 aliphatic heterocycles. The molecule has 0 aromatic carbocycles. The number of aliphatic carboxylic acids is 1. The first kappa shape index (κ1) is 16.9. The van der Waals surface area contributed by atoms with E-state index >= 15 is 0 Å². The second-order valence-corrected chi connectivity index (χ2v) is 3.60. The molecule has 0 atom stereocenters. The highest BCUT2D eigenvalue weighted by molar-refractivity contribution is 6.10. The molecular weight excluding hydrogens is 258 g/mol. The van der Waals surface area contributed by atoms with E-state index in [0.29, 0.717) is 0 Å². The van der Waals surface area contributed by atoms with Crippen molar-refractivity contribution in [3.05, 3.63) is 0 Å². The van der Waals surface area contributed by atoms with Gasteiger partial charge in [0.05, 0.1) is 19.6 Å². The minimum atomic E-state index is -2.36. The fraction of sp³-hybridized carbons (Fsp3) is 0.636. The number of carbonyl (C=O) groups is 4. The van der Waals surface area contributed by atoms with Crippen LogP contribution in [0.15, 0.2) is 0 Å². The van der Waals surface area contributed by atoms with Crippen LogP contribution in [0.25, 0.3) is 0 Å². The molecule has 0 radical (unpaired) electrons. The molecule has 1 amide bonds. The Morgan fingerprint density at radius 2 is 1.47 bits per heavy atom. The SMILES string of the molecule is CCOC(=O)C(CC(=O)O)(NC(C)=O)C(=O)OCC. The van der Waals surface area contributed by atoms with E-state index in [4.69, 9.17) is 5.11 Å². The Bertz CT molecular complexity index is 341. The first-order valence-corrected chi connectivity index (χ1v) is 5.65. The Labute approximate surface area is 110 Å². The lowest BCUT2D eigenvalue weighted by molar-refractivity contribution is -0.171. The maximum atomic E-state index is 11.9. The van der Waals surface area contributed by atoms with Crippen LogP contribution in [0, 0.1) is 0 Å². The molecule has 0 aromatic heterocycles. The third-order valence-corrected chi connectivity index (χ3v) is 2.05. The molecule has 8 heteroatoms. The van der Waals surface area contributed by atoms with Crippen molar-refractivity contribution in [3.8, 4) is 0 Å². The van der Waals surface area contributed by atoms with E-state index in [-0.39, 0.29) is 13.2 Å². The van der Waals surface area contributed by atoms with Gasteiger partial charge in [0, 0.05) is 6.92 Å². The van der Waals surface area contributed by atoms with Gasteiger partial charge < -0.3 is 19.9 Å². The highest BCUT2D eigenvalue weighted by Crippen LogP contribution is 2.16. The predicted octanol–water partition coefficient (Wildman–Crippen LogP) is -0.538. The number of carbonyl (C=O) groups excluding carboxylic acids is 3. The molecule has 0 unspecified atom stereocenters. The van der Waals surface area contributed by atoms with Gasteiger partial charge in [-0.2, -0.15) is 0 Å². The van der Waals surface area contributed by atoms with Crippen molar-refractivity contribution >= 4 is 23.8 Å². The van der Waals surface area contributed by atoms with Crippen molar-refractivity contribution < 1.29 is 33.8 Å². The standard InChI is InChI=1S/C11H17NO7/c1-4-18-9(16)11(6-8(14)15,12-7(3)13)10(17)19-5-2/h4-6H2,1-3H3,(H,12,13)(H,14,15). The molecule has 0 bridgehead atoms. The fourth-order valence-corrected chi connectivity index (χ4v) is 1.41. The Balaban J connectivity index is 5.54. The second kappa shape index (κ2) is 7.34. The summed E-state index contributed by atoms with van der Waals surface area (Å²) in [5.41, 5.74) is -2.36. The third kappa shape index (κ3) is 4.57. The van der Waals surface area contributed by atoms with Gasteiger partial charge in [-0.3, -0.25) is 9.59 Å². The quantitative estimate of drug-likeness (QED) is 0.473. The van der Waals surface area contributed by atoms with E-state index in [1.54, 1.807) is 0 Å². The lowest BCUT2D eigenvalue weighted by Gasteiger charge is -2.28. The molecule has 0 aliphatic rings. The first-order valence-electron chi connectivity index (χ1n) is 5.65. The summed E-state index contributed by atoms with van der Waals surface area (Å²) in [6.45, 7) is 3.89. The normalized spacial score (nSPS) is 10.5. The Morgan fingerprint density at radius 1 is 1.05 bits per heavy atom. The topological polar surface area (TPSA) is 119 Å². The molecule has 108 valence electrons. The number of rotatable bonds is 7. The molecule has 0 aromatic rings. The van der Waals surface area contributed by atoms with Crippen LogP contribution < -0.4 is 5.32 Å². The summed E-state index contributed by atoms with van der Waals surface area (Å²) in [7, 11) is 0. The number of hydrogen-bond acceptors (Lipinski definition) is 6. The molecule has 0 fully saturated rings. The number of nitrogens with one attached hydrogen (secondary N) is 1. The molecule has 0 saturated carbocycles. The second-order valence-electron chi connectivity index (χ2n) is 3.60. The number of amides is 1. The molecule has 0 heterocycles. The lowest BCUT2D eigenvalue weighted by Crippen LogP contribution is -2.62. The zero-order valence-corrected chi connectivity index (χ0v) is 11.0. The van der Waals surface area contributed by atoms with Gasteiger partial charge in [0.25, 0.3) is 0 Å². The number of hydrogen-bond donors (Lipinski definition) is 2. The van der Waals surface area contributed by atoms with Crippen molar-refractivity contribution in [3.63, 3.8) is 0 Å². The van der Waals surface area contributed by atoms with Crippen molar-refractivity contribution in [2.75, 3.05) is 13.2 Å². The molecule has 2 N–H and O–H groups in total.